The summed E-state index contributed by atoms with van der Waals surface area (Å²) in [5.74, 6) is 4.21. The van der Waals surface area contributed by atoms with E-state index in [4.69, 9.17) is 155 Å². The molecule has 0 spiro atoms. The molecule has 33 nitrogen and oxygen atoms in total. The molecule has 5 N–H and O–H groups in total. The van der Waals surface area contributed by atoms with Crippen LogP contribution in [0.5, 0.6) is 46.3 Å². The van der Waals surface area contributed by atoms with Gasteiger partial charge < -0.3 is 87.3 Å². The number of fused-ring (bicyclic) bond motifs is 2. The van der Waals surface area contributed by atoms with Crippen molar-refractivity contribution >= 4 is 168 Å². The van der Waals surface area contributed by atoms with Crippen LogP contribution in [0.1, 0.15) is 160 Å². The minimum atomic E-state index is -1.94. The van der Waals surface area contributed by atoms with E-state index in [1.54, 1.807) is 69.5 Å². The molecule has 0 radical (unpaired) electrons. The number of carbonyl (C=O) groups excluding carboxylic acids is 5. The molecule has 6 aromatic carbocycles. The molecule has 5 aromatic heterocycles. The number of alkyl halides is 1. The van der Waals surface area contributed by atoms with Crippen molar-refractivity contribution in [1.82, 2.24) is 69.4 Å². The molecule has 0 atom stereocenters. The quantitative estimate of drug-likeness (QED) is 0.0113. The number of rotatable bonds is 33. The summed E-state index contributed by atoms with van der Waals surface area (Å²) in [5, 5.41) is 10.2. The lowest BCUT2D eigenvalue weighted by atomic mass is 10.1. The number of benzene rings is 6. The number of anilines is 1. The number of halogens is 9. The van der Waals surface area contributed by atoms with Gasteiger partial charge in [-0.3, -0.25) is 24.0 Å². The normalized spacial score (nSPS) is 12.2. The predicted octanol–water partition coefficient (Wildman–Crippen LogP) is 22.9. The molecule has 2 aliphatic heterocycles. The maximum Gasteiger partial charge on any atom is 0.263 e. The number of unbranched alkanes of at least 4 members (excludes halogenated alkanes) is 1. The van der Waals surface area contributed by atoms with Gasteiger partial charge in [-0.15, -0.1) is 0 Å². The van der Waals surface area contributed by atoms with Gasteiger partial charge in [0.1, 0.15) is 149 Å². The first-order valence-electron chi connectivity index (χ1n) is 47.2. The van der Waals surface area contributed by atoms with Gasteiger partial charge in [-0.05, 0) is 191 Å². The molecule has 0 fully saturated rings. The van der Waals surface area contributed by atoms with Gasteiger partial charge in [0.25, 0.3) is 28.9 Å². The predicted molar refractivity (Wildman–Crippen MR) is 599 cm³/mol. The number of methoxy groups -OCH3 is 6. The highest BCUT2D eigenvalue weighted by molar-refractivity contribution is 9.09. The van der Waals surface area contributed by atoms with Crippen LogP contribution in [0.3, 0.4) is 0 Å². The maximum absolute atomic E-state index is 13.3. The van der Waals surface area contributed by atoms with Gasteiger partial charge in [0.2, 0.25) is 11.8 Å². The monoisotopic (exact) mass is 2320 g/mol. The molecule has 808 valence electrons. The summed E-state index contributed by atoms with van der Waals surface area (Å²) in [6.07, 6.45) is 9.57. The maximum atomic E-state index is 13.3. The second-order valence-corrected chi connectivity index (χ2v) is 55.7. The number of amides is 4. The van der Waals surface area contributed by atoms with E-state index in [-0.39, 0.29) is 124 Å². The van der Waals surface area contributed by atoms with Crippen molar-refractivity contribution < 1.29 is 80.3 Å². The number of nitrogens with two attached hydrogens (primary N) is 2. The Balaban J connectivity index is 0.000000266. The van der Waals surface area contributed by atoms with Crippen molar-refractivity contribution in [2.45, 2.75) is 169 Å². The number of aliphatic hydroxyl groups excluding tert-OH is 1. The van der Waals surface area contributed by atoms with Crippen molar-refractivity contribution in [3.63, 3.8) is 0 Å². The topological polar surface area (TPSA) is 401 Å². The van der Waals surface area contributed by atoms with E-state index in [9.17, 15) is 29.1 Å². The minimum Gasteiger partial charge on any atom is -0.497 e. The molecule has 149 heavy (non-hydrogen) atoms. The fourth-order valence-corrected chi connectivity index (χ4v) is 18.2. The highest BCUT2D eigenvalue weighted by Gasteiger charge is 2.40. The average molecular weight is 2330 g/mol. The lowest BCUT2D eigenvalue weighted by Crippen LogP contribution is -2.43. The molecule has 2 aliphatic rings. The number of nitrogen functional groups attached to an aromatic ring is 1. The fourth-order valence-electron chi connectivity index (χ4n) is 12.6. The molecule has 4 amide bonds. The van der Waals surface area contributed by atoms with Crippen molar-refractivity contribution in [3.8, 4) is 46.3 Å². The molecular weight excluding hydrogens is 2190 g/mol. The summed E-state index contributed by atoms with van der Waals surface area (Å²) in [5.41, 5.74) is 18.0. The van der Waals surface area contributed by atoms with Gasteiger partial charge in [-0.2, -0.15) is 0 Å². The first-order valence-corrected chi connectivity index (χ1v) is 60.1. The molecule has 0 bridgehead atoms. The third-order valence-electron chi connectivity index (χ3n) is 24.4. The van der Waals surface area contributed by atoms with Gasteiger partial charge in [0.05, 0.1) is 69.0 Å². The molecule has 13 rings (SSSR count). The number of ether oxygens (including phenoxy) is 8. The summed E-state index contributed by atoms with van der Waals surface area (Å²) in [6.45, 7) is 40.0. The lowest BCUT2D eigenvalue weighted by molar-refractivity contribution is 0.0703. The summed E-state index contributed by atoms with van der Waals surface area (Å²) in [4.78, 5) is 106. The number of hydrogen-bond donors (Lipinski definition) is 3. The number of aromatic nitrogens is 10. The number of carbonyl (C=O) groups is 5. The minimum absolute atomic E-state index is 0.0207. The Kier molecular flexibility index (Phi) is 53.6. The summed E-state index contributed by atoms with van der Waals surface area (Å²) >= 11 is 49.7. The Bertz CT molecular complexity index is 5820. The van der Waals surface area contributed by atoms with Gasteiger partial charge in [0.15, 0.2) is 25.0 Å². The smallest absolute Gasteiger partial charge is 0.263 e. The summed E-state index contributed by atoms with van der Waals surface area (Å²) in [6, 6.07) is 46.0. The third kappa shape index (κ3) is 41.0. The molecule has 45 heteroatoms. The van der Waals surface area contributed by atoms with E-state index in [0.717, 1.165) is 100 Å². The molecule has 11 aromatic rings. The Labute approximate surface area is 925 Å². The van der Waals surface area contributed by atoms with Crippen LogP contribution in [0.4, 0.5) is 5.82 Å². The lowest BCUT2D eigenvalue weighted by Gasteiger charge is -2.37. The van der Waals surface area contributed by atoms with E-state index in [2.05, 4.69) is 179 Å². The second kappa shape index (κ2) is 62.6. The molecule has 7 heterocycles. The second-order valence-electron chi connectivity index (χ2n) is 37.6. The summed E-state index contributed by atoms with van der Waals surface area (Å²) in [7, 11) is 4.81. The van der Waals surface area contributed by atoms with Gasteiger partial charge in [-0.25, -0.2) is 49.8 Å². The van der Waals surface area contributed by atoms with Crippen LogP contribution in [-0.4, -0.2) is 242 Å². The van der Waals surface area contributed by atoms with Crippen LogP contribution in [-0.2, 0) is 52.4 Å². The first-order chi connectivity index (χ1) is 70.5. The van der Waals surface area contributed by atoms with E-state index < -0.39 is 36.1 Å². The van der Waals surface area contributed by atoms with Crippen molar-refractivity contribution in [3.05, 3.63) is 274 Å². The Morgan fingerprint density at radius 2 is 0.698 bits per heavy atom. The molecule has 0 aliphatic carbocycles. The third-order valence-corrected chi connectivity index (χ3v) is 40.6. The fraction of sp³-hybridized carbons (Fsp3) is 0.413. The van der Waals surface area contributed by atoms with Crippen LogP contribution >= 0.6 is 109 Å². The molecule has 0 unspecified atom stereocenters. The zero-order valence-electron chi connectivity index (χ0n) is 88.0. The Hall–Kier alpha value is -10.3. The van der Waals surface area contributed by atoms with Crippen molar-refractivity contribution in [2.24, 2.45) is 5.73 Å². The highest BCUT2D eigenvalue weighted by atomic mass is 79.9. The van der Waals surface area contributed by atoms with Gasteiger partial charge >= 0.3 is 0 Å². The van der Waals surface area contributed by atoms with Crippen molar-refractivity contribution in [2.75, 3.05) is 120 Å². The SMILES string of the molecule is CC(C)(C)[Si](C)(C)OCCBr.COc1ccc(CCCCO[Si](C)(C)C(C)(C)C)cc1.COc1ccc(CN(CCO)C(=O)c2c(Cl)ncnc2Cl)cc1.COc1ccc(CN(CCO[Si](C)(C)C(C)(C)C)C(=O)c2c(Cl)ncnc2Cl)cc1.COc1ccc(CN)cc1.COc1ccc(CN2CCOc3ncnc(Cl)c3C2=O)cc1.COc1ccc(CN2CCOc3ncnc(N)c3C2=O)cc1.O=C(Cl)c1c(Cl)ncnc1Cl. The number of hydrogen-bond acceptors (Lipinski definition) is 29. The first kappa shape index (κ1) is 127. The Morgan fingerprint density at radius 3 is 1.03 bits per heavy atom. The van der Waals surface area contributed by atoms with E-state index in [1.807, 2.05) is 121 Å². The number of aryl methyl sites for hydroxylation is 1. The molecular formula is C104H135BrCl8N16O17Si3. The van der Waals surface area contributed by atoms with Crippen LogP contribution < -0.4 is 49.4 Å². The molecule has 0 saturated carbocycles. The average Bonchev–Trinajstić information content (AvgIpc) is 1.71. The van der Waals surface area contributed by atoms with Gasteiger partial charge in [0, 0.05) is 64.4 Å². The zero-order chi connectivity index (χ0) is 111. The largest absolute Gasteiger partial charge is 0.497 e. The van der Waals surface area contributed by atoms with Crippen molar-refractivity contribution in [1.29, 1.82) is 0 Å². The molecule has 0 saturated heterocycles. The standard InChI is InChI=1S/C21H29Cl2N3O3Si.C17H30O2Si.C15H15Cl2N3O3.C15H14ClN3O3.C15H16N4O3.C8H19BrOSi.C8H11NO.C5HCl3N2O/c1-21(2,3)30(5,6)29-12-11-26(13-15-7-9-16(28-4)10-8-15)20(27)17-18(22)24-14-25-19(17)23;1-17(2,3)20(5,6)19-14-8-7-9-15-10-12-16(18-4)13-11-15;1-23-11-4-2-10(3-5-11)8-20(6-7-21)15(22)12-13(16)18-9-19-14(12)17;2*1-21-11-4-2-10(3-5-11)8-19-6-7-22-14-12(15(19)20)13(16)17-9-18-14;1-8(2,3)11(4,5)10-7-6-9;1-10-8-4-2-7(6-9)3-5-8;6-3-2(5(8)11)4(7)10-1-9-3/h7-10,14H,11-13H2,1-6H3;10-13H,7-9,14H2,1-6H3;2-5,9,21H,6-8H2,1H3;2-5,9H,6-8H2,1H3;2-5,9H,6-8H2,1H3,(H2,16,17,18);6-7H2,1-5H3;2-5H,6,9H2,1H3;1H. The van der Waals surface area contributed by atoms with Crippen LogP contribution in [0.2, 0.25) is 90.5 Å². The Morgan fingerprint density at radius 1 is 0.403 bits per heavy atom. The van der Waals surface area contributed by atoms with Crippen LogP contribution in [0.25, 0.3) is 0 Å². The summed E-state index contributed by atoms with van der Waals surface area (Å²) < 4.78 is 60.0. The van der Waals surface area contributed by atoms with E-state index >= 15 is 0 Å². The highest BCUT2D eigenvalue weighted by Crippen LogP contribution is 2.40. The van der Waals surface area contributed by atoms with Crippen LogP contribution in [0.15, 0.2) is 177 Å². The zero-order valence-corrected chi connectivity index (χ0v) is 98.6. The van der Waals surface area contributed by atoms with E-state index in [0.29, 0.717) is 75.7 Å². The number of nitrogens with zero attached hydrogens (tertiary/aromatic N) is 14. The number of aliphatic hydroxyl groups is 1. The van der Waals surface area contributed by atoms with Gasteiger partial charge in [-0.1, -0.05) is 232 Å². The van der Waals surface area contributed by atoms with Crippen LogP contribution in [0, 0.1) is 0 Å². The van der Waals surface area contributed by atoms with E-state index in [1.165, 1.54) is 42.2 Å².